The lowest BCUT2D eigenvalue weighted by molar-refractivity contribution is -0.902. The van der Waals surface area contributed by atoms with Gasteiger partial charge in [0.1, 0.15) is 6.04 Å². The van der Waals surface area contributed by atoms with E-state index in [2.05, 4.69) is 34.2 Å². The molecule has 0 saturated heterocycles. The van der Waals surface area contributed by atoms with E-state index in [-0.39, 0.29) is 11.9 Å². The second kappa shape index (κ2) is 7.64. The second-order valence-electron chi connectivity index (χ2n) is 6.27. The number of halogens is 1. The minimum absolute atomic E-state index is 0.0101. The summed E-state index contributed by atoms with van der Waals surface area (Å²) in [5.74, 6) is 0.0101. The van der Waals surface area contributed by atoms with E-state index in [1.54, 1.807) is 11.3 Å². The first kappa shape index (κ1) is 18.0. The zero-order chi connectivity index (χ0) is 18.0. The van der Waals surface area contributed by atoms with Crippen molar-refractivity contribution in [3.63, 3.8) is 0 Å². The van der Waals surface area contributed by atoms with Gasteiger partial charge in [0, 0.05) is 10.2 Å². The lowest BCUT2D eigenvalue weighted by Gasteiger charge is -2.19. The lowest BCUT2D eigenvalue weighted by Crippen LogP contribution is -3.10. The Kier molecular flexibility index (Phi) is 5.51. The number of aryl methyl sites for hydroxylation is 1. The fourth-order valence-corrected chi connectivity index (χ4v) is 4.24. The first-order chi connectivity index (χ1) is 11.9. The molecule has 3 aromatic rings. The molecule has 2 aromatic carbocycles. The summed E-state index contributed by atoms with van der Waals surface area (Å²) >= 11 is 5.14. The average Bonchev–Trinajstić information content (AvgIpc) is 3.00. The molecular formula is C19H21BrN3OS+. The quantitative estimate of drug-likeness (QED) is 0.664. The number of para-hydroxylation sites is 1. The van der Waals surface area contributed by atoms with Crippen molar-refractivity contribution < 1.29 is 9.69 Å². The van der Waals surface area contributed by atoms with Gasteiger partial charge in [-0.05, 0) is 49.7 Å². The fourth-order valence-electron chi connectivity index (χ4n) is 2.65. The molecule has 0 aliphatic rings. The highest BCUT2D eigenvalue weighted by Gasteiger charge is 2.22. The molecule has 2 N–H and O–H groups in total. The standard InChI is InChI=1S/C19H20BrN3OS/c1-12-10-14(20)8-9-15(12)21-18(24)11-23(3)13(2)19-22-16-6-4-5-7-17(16)25-19/h4-10,13H,11H2,1-3H3,(H,21,24)/p+1/t13-/m1/s1. The van der Waals surface area contributed by atoms with Crippen LogP contribution in [0, 0.1) is 6.92 Å². The Morgan fingerprint density at radius 1 is 1.32 bits per heavy atom. The van der Waals surface area contributed by atoms with Crippen LogP contribution in [-0.4, -0.2) is 24.5 Å². The van der Waals surface area contributed by atoms with Crippen LogP contribution >= 0.6 is 27.3 Å². The van der Waals surface area contributed by atoms with Crippen LogP contribution in [0.1, 0.15) is 23.5 Å². The summed E-state index contributed by atoms with van der Waals surface area (Å²) in [5, 5.41) is 4.07. The third-order valence-corrected chi connectivity index (χ3v) is 6.03. The molecule has 0 radical (unpaired) electrons. The van der Waals surface area contributed by atoms with Gasteiger partial charge in [-0.3, -0.25) is 4.79 Å². The third kappa shape index (κ3) is 4.26. The SMILES string of the molecule is Cc1cc(Br)ccc1NC(=O)C[NH+](C)[C@H](C)c1nc2ccccc2s1. The number of nitrogens with one attached hydrogen (secondary N) is 2. The molecule has 4 nitrogen and oxygen atoms in total. The van der Waals surface area contributed by atoms with E-state index >= 15 is 0 Å². The fraction of sp³-hybridized carbons (Fsp3) is 0.263. The molecule has 25 heavy (non-hydrogen) atoms. The number of thiazole rings is 1. The van der Waals surface area contributed by atoms with Gasteiger partial charge in [-0.2, -0.15) is 0 Å². The van der Waals surface area contributed by atoms with Crippen molar-refractivity contribution >= 4 is 49.1 Å². The van der Waals surface area contributed by atoms with Crippen LogP contribution in [-0.2, 0) is 4.79 Å². The first-order valence-electron chi connectivity index (χ1n) is 8.18. The monoisotopic (exact) mass is 418 g/mol. The van der Waals surface area contributed by atoms with Gasteiger partial charge in [0.05, 0.1) is 17.3 Å². The van der Waals surface area contributed by atoms with E-state index in [1.165, 1.54) is 4.70 Å². The predicted molar refractivity (Wildman–Crippen MR) is 107 cm³/mol. The van der Waals surface area contributed by atoms with Crippen molar-refractivity contribution in [1.82, 2.24) is 4.98 Å². The van der Waals surface area contributed by atoms with E-state index in [9.17, 15) is 4.79 Å². The maximum Gasteiger partial charge on any atom is 0.279 e. The van der Waals surface area contributed by atoms with E-state index < -0.39 is 0 Å². The molecule has 1 amide bonds. The van der Waals surface area contributed by atoms with Crippen LogP contribution in [0.2, 0.25) is 0 Å². The highest BCUT2D eigenvalue weighted by molar-refractivity contribution is 9.10. The smallest absolute Gasteiger partial charge is 0.279 e. The van der Waals surface area contributed by atoms with Gasteiger partial charge in [0.25, 0.3) is 5.91 Å². The van der Waals surface area contributed by atoms with Crippen molar-refractivity contribution in [2.24, 2.45) is 0 Å². The van der Waals surface area contributed by atoms with Gasteiger partial charge in [-0.25, -0.2) is 4.98 Å². The highest BCUT2D eigenvalue weighted by atomic mass is 79.9. The van der Waals surface area contributed by atoms with Crippen LogP contribution in [0.4, 0.5) is 5.69 Å². The van der Waals surface area contributed by atoms with Crippen LogP contribution in [0.15, 0.2) is 46.9 Å². The number of benzene rings is 2. The van der Waals surface area contributed by atoms with Crippen molar-refractivity contribution in [2.75, 3.05) is 18.9 Å². The first-order valence-corrected chi connectivity index (χ1v) is 9.79. The Morgan fingerprint density at radius 2 is 2.08 bits per heavy atom. The average molecular weight is 419 g/mol. The van der Waals surface area contributed by atoms with Crippen LogP contribution < -0.4 is 10.2 Å². The number of likely N-dealkylation sites (N-methyl/N-ethyl adjacent to an activating group) is 1. The molecule has 1 unspecified atom stereocenters. The second-order valence-corrected chi connectivity index (χ2v) is 8.25. The largest absolute Gasteiger partial charge is 0.322 e. The maximum atomic E-state index is 12.4. The van der Waals surface area contributed by atoms with Crippen molar-refractivity contribution in [3.05, 3.63) is 57.5 Å². The Morgan fingerprint density at radius 3 is 2.80 bits per heavy atom. The molecular weight excluding hydrogens is 398 g/mol. The van der Waals surface area contributed by atoms with Crippen molar-refractivity contribution in [3.8, 4) is 0 Å². The maximum absolute atomic E-state index is 12.4. The summed E-state index contributed by atoms with van der Waals surface area (Å²) < 4.78 is 2.20. The predicted octanol–water partition coefficient (Wildman–Crippen LogP) is 3.58. The van der Waals surface area contributed by atoms with Gasteiger partial charge >= 0.3 is 0 Å². The molecule has 0 spiro atoms. The zero-order valence-corrected chi connectivity index (χ0v) is 16.9. The molecule has 2 atom stereocenters. The summed E-state index contributed by atoms with van der Waals surface area (Å²) in [6.45, 7) is 4.50. The van der Waals surface area contributed by atoms with Gasteiger partial charge in [-0.1, -0.05) is 28.1 Å². The number of quaternary nitrogens is 1. The Bertz CT molecular complexity index is 876. The van der Waals surface area contributed by atoms with Gasteiger partial charge in [0.15, 0.2) is 11.6 Å². The van der Waals surface area contributed by atoms with Crippen molar-refractivity contribution in [2.45, 2.75) is 19.9 Å². The van der Waals surface area contributed by atoms with Crippen LogP contribution in [0.5, 0.6) is 0 Å². The summed E-state index contributed by atoms with van der Waals surface area (Å²) in [5.41, 5.74) is 2.92. The molecule has 0 aliphatic carbocycles. The zero-order valence-electron chi connectivity index (χ0n) is 14.5. The summed E-state index contributed by atoms with van der Waals surface area (Å²) in [6, 6.07) is 14.2. The number of rotatable bonds is 5. The van der Waals surface area contributed by atoms with Crippen molar-refractivity contribution in [1.29, 1.82) is 0 Å². The van der Waals surface area contributed by atoms with Gasteiger partial charge < -0.3 is 10.2 Å². The van der Waals surface area contributed by atoms with E-state index in [0.29, 0.717) is 6.54 Å². The number of amides is 1. The topological polar surface area (TPSA) is 46.4 Å². The molecule has 6 heteroatoms. The molecule has 0 saturated carbocycles. The Labute approximate surface area is 160 Å². The third-order valence-electron chi connectivity index (χ3n) is 4.32. The normalized spacial score (nSPS) is 13.6. The molecule has 0 fully saturated rings. The number of hydrogen-bond donors (Lipinski definition) is 2. The number of fused-ring (bicyclic) bond motifs is 1. The van der Waals surface area contributed by atoms with Gasteiger partial charge in [0.2, 0.25) is 0 Å². The number of aromatic nitrogens is 1. The number of hydrogen-bond acceptors (Lipinski definition) is 3. The lowest BCUT2D eigenvalue weighted by atomic mass is 10.2. The molecule has 0 bridgehead atoms. The Hall–Kier alpha value is -1.76. The summed E-state index contributed by atoms with van der Waals surface area (Å²) in [7, 11) is 2.03. The van der Waals surface area contributed by atoms with Crippen LogP contribution in [0.3, 0.4) is 0 Å². The number of carbonyl (C=O) groups excluding carboxylic acids is 1. The number of nitrogens with zero attached hydrogens (tertiary/aromatic N) is 1. The van der Waals surface area contributed by atoms with Crippen LogP contribution in [0.25, 0.3) is 10.2 Å². The molecule has 3 rings (SSSR count). The Balaban J connectivity index is 1.66. The summed E-state index contributed by atoms with van der Waals surface area (Å²) in [4.78, 5) is 18.2. The number of carbonyl (C=O) groups is 1. The molecule has 1 heterocycles. The molecule has 0 aliphatic heterocycles. The van der Waals surface area contributed by atoms with E-state index in [1.807, 2.05) is 50.4 Å². The minimum Gasteiger partial charge on any atom is -0.322 e. The highest BCUT2D eigenvalue weighted by Crippen LogP contribution is 2.24. The summed E-state index contributed by atoms with van der Waals surface area (Å²) in [6.07, 6.45) is 0. The van der Waals surface area contributed by atoms with E-state index in [0.717, 1.165) is 31.1 Å². The number of anilines is 1. The minimum atomic E-state index is 0.0101. The van der Waals surface area contributed by atoms with E-state index in [4.69, 9.17) is 4.98 Å². The van der Waals surface area contributed by atoms with Gasteiger partial charge in [-0.15, -0.1) is 11.3 Å². The molecule has 1 aromatic heterocycles. The molecule has 130 valence electrons.